The van der Waals surface area contributed by atoms with Crippen molar-refractivity contribution in [3.8, 4) is 0 Å². The summed E-state index contributed by atoms with van der Waals surface area (Å²) in [6.45, 7) is -0.273. The number of carbonyl (C=O) groups excluding carboxylic acids is 4. The fourth-order valence-electron chi connectivity index (χ4n) is 7.61. The summed E-state index contributed by atoms with van der Waals surface area (Å²) in [5.74, 6) is -2.07. The molecule has 3 heterocycles. The second kappa shape index (κ2) is 18.8. The maximum absolute atomic E-state index is 14.3. The molecule has 8 rings (SSSR count). The number of hydrogen-bond donors (Lipinski definition) is 3. The maximum atomic E-state index is 14.3. The molecule has 63 heavy (non-hydrogen) atoms. The molecule has 3 amide bonds. The number of hydrogen-bond acceptors (Lipinski definition) is 12. The molecule has 0 radical (unpaired) electrons. The van der Waals surface area contributed by atoms with E-state index in [0.29, 0.717) is 21.8 Å². The number of thioether (sulfide) groups is 1. The Morgan fingerprint density at radius 1 is 0.825 bits per heavy atom. The van der Waals surface area contributed by atoms with E-state index in [-0.39, 0.29) is 23.8 Å². The van der Waals surface area contributed by atoms with Crippen molar-refractivity contribution in [2.75, 3.05) is 31.8 Å². The largest absolute Gasteiger partial charge is 0.448 e. The Morgan fingerprint density at radius 2 is 1.33 bits per heavy atom. The van der Waals surface area contributed by atoms with Gasteiger partial charge in [0.05, 0.1) is 0 Å². The number of benzene rings is 5. The van der Waals surface area contributed by atoms with E-state index in [9.17, 15) is 24.4 Å². The predicted octanol–water partition coefficient (Wildman–Crippen LogP) is 7.41. The molecule has 15 heteroatoms. The number of nitrogens with one attached hydrogen (secondary N) is 2. The van der Waals surface area contributed by atoms with Crippen molar-refractivity contribution >= 4 is 57.8 Å². The van der Waals surface area contributed by atoms with Crippen molar-refractivity contribution in [2.24, 2.45) is 5.16 Å². The molecule has 318 valence electrons. The molecule has 0 unspecified atom stereocenters. The van der Waals surface area contributed by atoms with Crippen molar-refractivity contribution < 1.29 is 33.9 Å². The van der Waals surface area contributed by atoms with E-state index in [0.717, 1.165) is 16.7 Å². The quantitative estimate of drug-likeness (QED) is 0.0251. The number of anilines is 1. The van der Waals surface area contributed by atoms with Gasteiger partial charge in [-0.05, 0) is 27.8 Å². The zero-order valence-corrected chi connectivity index (χ0v) is 35.8. The summed E-state index contributed by atoms with van der Waals surface area (Å²) < 4.78 is 11.7. The van der Waals surface area contributed by atoms with Gasteiger partial charge in [-0.25, -0.2) is 14.6 Å². The number of β-lactam (4-membered cyclic amide) rings is 1. The maximum Gasteiger partial charge on any atom is 0.409 e. The van der Waals surface area contributed by atoms with Gasteiger partial charge in [0.25, 0.3) is 11.8 Å². The lowest BCUT2D eigenvalue weighted by atomic mass is 9.77. The van der Waals surface area contributed by atoms with Crippen LogP contribution in [-0.2, 0) is 29.4 Å². The molecule has 2 aliphatic heterocycles. The van der Waals surface area contributed by atoms with Crippen LogP contribution in [0.25, 0.3) is 0 Å². The molecule has 1 aromatic heterocycles. The standard InChI is InChI=1S/C48H42N6O7S2/c1-53(2)47(58)60-28-33-29-62-44-39(43(56)54(44)40(33)45(57)61-41(31-18-8-3-9-19-31)32-20-10-4-11-21-32)50-42(55)38(52-59)37-30-63-46(49-37)51-48(34-22-12-5-13-23-34,35-24-14-6-15-25-35)36-26-16-7-17-27-36/h3-27,30,39,41,44,59H,28-29H2,1-2H3,(H,49,51)(H,50,55)/b52-38-/t39-,44-/m1/s1. The minimum absolute atomic E-state index is 0.0670. The minimum Gasteiger partial charge on any atom is -0.448 e. The number of fused-ring (bicyclic) bond motifs is 1. The lowest BCUT2D eigenvalue weighted by Crippen LogP contribution is -2.71. The monoisotopic (exact) mass is 878 g/mol. The molecule has 13 nitrogen and oxygen atoms in total. The van der Waals surface area contributed by atoms with Gasteiger partial charge in [0.1, 0.15) is 35.0 Å². The van der Waals surface area contributed by atoms with Crippen molar-refractivity contribution in [3.05, 3.63) is 202 Å². The lowest BCUT2D eigenvalue weighted by molar-refractivity contribution is -0.154. The van der Waals surface area contributed by atoms with E-state index < -0.39 is 52.6 Å². The Labute approximate surface area is 372 Å². The van der Waals surface area contributed by atoms with Gasteiger partial charge >= 0.3 is 12.1 Å². The number of esters is 1. The van der Waals surface area contributed by atoms with Crippen LogP contribution in [0.1, 0.15) is 39.6 Å². The first-order chi connectivity index (χ1) is 30.7. The highest BCUT2D eigenvalue weighted by Crippen LogP contribution is 2.43. The Bertz CT molecular complexity index is 2510. The number of nitrogens with zero attached hydrogens (tertiary/aromatic N) is 4. The molecule has 0 saturated carbocycles. The molecular formula is C48H42N6O7S2. The summed E-state index contributed by atoms with van der Waals surface area (Å²) in [5.41, 5.74) is 3.31. The second-order valence-electron chi connectivity index (χ2n) is 14.8. The average Bonchev–Trinajstić information content (AvgIpc) is 3.79. The number of rotatable bonds is 14. The van der Waals surface area contributed by atoms with E-state index in [2.05, 4.69) is 15.8 Å². The van der Waals surface area contributed by atoms with Crippen molar-refractivity contribution in [3.63, 3.8) is 0 Å². The van der Waals surface area contributed by atoms with Gasteiger partial charge in [0.15, 0.2) is 16.9 Å². The van der Waals surface area contributed by atoms with E-state index in [4.69, 9.17) is 14.5 Å². The van der Waals surface area contributed by atoms with Crippen LogP contribution in [0.2, 0.25) is 0 Å². The Kier molecular flexibility index (Phi) is 12.7. The van der Waals surface area contributed by atoms with Crippen LogP contribution >= 0.6 is 23.1 Å². The first kappa shape index (κ1) is 42.5. The molecule has 5 aromatic carbocycles. The van der Waals surface area contributed by atoms with Crippen LogP contribution in [0.15, 0.2) is 173 Å². The van der Waals surface area contributed by atoms with E-state index in [1.807, 2.05) is 152 Å². The molecule has 6 aromatic rings. The molecule has 1 fully saturated rings. The summed E-state index contributed by atoms with van der Waals surface area (Å²) in [6, 6.07) is 47.1. The number of aromatic nitrogens is 1. The zero-order valence-electron chi connectivity index (χ0n) is 34.2. The smallest absolute Gasteiger partial charge is 0.409 e. The molecular weight excluding hydrogens is 837 g/mol. The number of oxime groups is 1. The first-order valence-electron chi connectivity index (χ1n) is 19.9. The molecule has 3 N–H and O–H groups in total. The predicted molar refractivity (Wildman–Crippen MR) is 241 cm³/mol. The van der Waals surface area contributed by atoms with Crippen molar-refractivity contribution in [1.82, 2.24) is 20.1 Å². The highest BCUT2D eigenvalue weighted by Gasteiger charge is 2.55. The molecule has 2 aliphatic rings. The first-order valence-corrected chi connectivity index (χ1v) is 21.9. The van der Waals surface area contributed by atoms with Gasteiger partial charge in [0.2, 0.25) is 0 Å². The Morgan fingerprint density at radius 3 is 1.83 bits per heavy atom. The lowest BCUT2D eigenvalue weighted by Gasteiger charge is -2.49. The highest BCUT2D eigenvalue weighted by atomic mass is 32.2. The SMILES string of the molecule is CN(C)C(=O)OCC1=C(C(=O)OC(c2ccccc2)c2ccccc2)N2C(=O)[C@@H](NC(=O)/C(=N\O)c3csc(NC(c4ccccc4)(c4ccccc4)c4ccccc4)n3)[C@H]2SC1. The number of amides is 3. The minimum atomic E-state index is -1.11. The van der Waals surface area contributed by atoms with Crippen LogP contribution in [0.4, 0.5) is 9.93 Å². The van der Waals surface area contributed by atoms with Gasteiger partial charge < -0.3 is 30.2 Å². The van der Waals surface area contributed by atoms with Gasteiger partial charge in [-0.2, -0.15) is 0 Å². The normalized spacial score (nSPS) is 16.1. The molecule has 2 atom stereocenters. The summed E-state index contributed by atoms with van der Waals surface area (Å²) in [5, 5.41) is 21.3. The second-order valence-corrected chi connectivity index (χ2v) is 16.8. The number of ether oxygens (including phenoxy) is 2. The molecule has 0 bridgehead atoms. The van der Waals surface area contributed by atoms with Gasteiger partial charge in [-0.3, -0.25) is 14.5 Å². The van der Waals surface area contributed by atoms with Gasteiger partial charge in [-0.1, -0.05) is 157 Å². The fraction of sp³-hybridized carbons (Fsp3) is 0.167. The van der Waals surface area contributed by atoms with Gasteiger partial charge in [0, 0.05) is 30.8 Å². The van der Waals surface area contributed by atoms with Crippen molar-refractivity contribution in [2.45, 2.75) is 23.1 Å². The Hall–Kier alpha value is -7.23. The number of carbonyl (C=O) groups is 4. The van der Waals surface area contributed by atoms with Crippen LogP contribution in [0.3, 0.4) is 0 Å². The Balaban J connectivity index is 1.04. The van der Waals surface area contributed by atoms with E-state index in [1.165, 1.54) is 47.0 Å². The summed E-state index contributed by atoms with van der Waals surface area (Å²) in [6.07, 6.45) is -1.45. The average molecular weight is 879 g/mol. The number of thiazole rings is 1. The van der Waals surface area contributed by atoms with Crippen molar-refractivity contribution in [1.29, 1.82) is 0 Å². The van der Waals surface area contributed by atoms with Crippen LogP contribution in [0, 0.1) is 0 Å². The van der Waals surface area contributed by atoms with E-state index in [1.54, 1.807) is 5.38 Å². The summed E-state index contributed by atoms with van der Waals surface area (Å²) in [7, 11) is 3.07. The van der Waals surface area contributed by atoms with Crippen LogP contribution < -0.4 is 10.6 Å². The van der Waals surface area contributed by atoms with Gasteiger partial charge in [-0.15, -0.1) is 23.1 Å². The summed E-state index contributed by atoms with van der Waals surface area (Å²) >= 11 is 2.50. The fourth-order valence-corrected chi connectivity index (χ4v) is 9.69. The highest BCUT2D eigenvalue weighted by molar-refractivity contribution is 8.00. The molecule has 0 aliphatic carbocycles. The molecule has 0 spiro atoms. The summed E-state index contributed by atoms with van der Waals surface area (Å²) in [4.78, 5) is 62.1. The van der Waals surface area contributed by atoms with E-state index >= 15 is 0 Å². The van der Waals surface area contributed by atoms with Crippen LogP contribution in [0.5, 0.6) is 0 Å². The third-order valence-corrected chi connectivity index (χ3v) is 12.8. The third kappa shape index (κ3) is 8.65. The zero-order chi connectivity index (χ0) is 43.9. The van der Waals surface area contributed by atoms with Crippen LogP contribution in [-0.4, -0.2) is 87.5 Å². The topological polar surface area (TPSA) is 163 Å². The molecule has 1 saturated heterocycles. The third-order valence-electron chi connectivity index (χ3n) is 10.7.